The Bertz CT molecular complexity index is 1210. The molecule has 0 aromatic rings. The molecule has 0 amide bonds. The van der Waals surface area contributed by atoms with Gasteiger partial charge in [-0.1, -0.05) is 42.6 Å². The van der Waals surface area contributed by atoms with Crippen molar-refractivity contribution in [2.75, 3.05) is 26.3 Å². The molecule has 210 valence electrons. The molecular formula is C35H47NO3. The maximum atomic E-state index is 12.3. The van der Waals surface area contributed by atoms with E-state index >= 15 is 0 Å². The van der Waals surface area contributed by atoms with E-state index in [9.17, 15) is 9.90 Å². The van der Waals surface area contributed by atoms with Crippen molar-refractivity contribution >= 4 is 5.78 Å². The van der Waals surface area contributed by atoms with Crippen molar-refractivity contribution in [1.29, 1.82) is 0 Å². The van der Waals surface area contributed by atoms with Crippen LogP contribution in [-0.4, -0.2) is 47.7 Å². The van der Waals surface area contributed by atoms with Crippen molar-refractivity contribution in [3.8, 4) is 11.8 Å². The highest BCUT2D eigenvalue weighted by Gasteiger charge is 2.62. The first kappa shape index (κ1) is 28.2. The summed E-state index contributed by atoms with van der Waals surface area (Å²) in [4.78, 5) is 14.7. The number of ether oxygens (including phenoxy) is 1. The van der Waals surface area contributed by atoms with Crippen molar-refractivity contribution in [3.63, 3.8) is 0 Å². The zero-order valence-electron chi connectivity index (χ0n) is 24.7. The number of hydrogen-bond donors (Lipinski definition) is 1. The van der Waals surface area contributed by atoms with Crippen LogP contribution in [0.1, 0.15) is 79.6 Å². The average molecular weight is 530 g/mol. The topological polar surface area (TPSA) is 49.8 Å². The zero-order chi connectivity index (χ0) is 28.0. The Labute approximate surface area is 235 Å². The summed E-state index contributed by atoms with van der Waals surface area (Å²) in [5.74, 6) is 8.18. The molecule has 5 aliphatic rings. The van der Waals surface area contributed by atoms with E-state index < -0.39 is 5.60 Å². The summed E-state index contributed by atoms with van der Waals surface area (Å²) in [7, 11) is 0. The predicted octanol–water partition coefficient (Wildman–Crippen LogP) is 6.55. The summed E-state index contributed by atoms with van der Waals surface area (Å²) >= 11 is 0. The third-order valence-corrected chi connectivity index (χ3v) is 10.2. The molecule has 0 aromatic heterocycles. The van der Waals surface area contributed by atoms with Gasteiger partial charge in [0.1, 0.15) is 5.60 Å². The van der Waals surface area contributed by atoms with Gasteiger partial charge in [-0.2, -0.15) is 0 Å². The van der Waals surface area contributed by atoms with E-state index in [-0.39, 0.29) is 22.5 Å². The third kappa shape index (κ3) is 5.25. The number of carbonyl (C=O) groups excluding carboxylic acids is 1. The number of carbonyl (C=O) groups is 1. The normalized spacial score (nSPS) is 35.4. The van der Waals surface area contributed by atoms with Crippen LogP contribution in [0.3, 0.4) is 0 Å². The van der Waals surface area contributed by atoms with Crippen LogP contribution in [0.15, 0.2) is 58.9 Å². The molecule has 1 saturated heterocycles. The molecule has 1 aliphatic heterocycles. The minimum atomic E-state index is -0.978. The number of morpholine rings is 1. The Morgan fingerprint density at radius 2 is 1.92 bits per heavy atom. The lowest BCUT2D eigenvalue weighted by molar-refractivity contribution is -0.114. The van der Waals surface area contributed by atoms with Gasteiger partial charge in [-0.25, -0.2) is 0 Å². The summed E-state index contributed by atoms with van der Waals surface area (Å²) < 4.78 is 5.55. The second-order valence-electron chi connectivity index (χ2n) is 13.7. The maximum Gasteiger partial charge on any atom is 0.156 e. The molecule has 0 unspecified atom stereocenters. The van der Waals surface area contributed by atoms with Crippen molar-refractivity contribution < 1.29 is 14.6 Å². The third-order valence-electron chi connectivity index (χ3n) is 10.2. The van der Waals surface area contributed by atoms with E-state index in [4.69, 9.17) is 4.74 Å². The average Bonchev–Trinajstić information content (AvgIpc) is 3.17. The van der Waals surface area contributed by atoms with Crippen LogP contribution in [0.4, 0.5) is 0 Å². The summed E-state index contributed by atoms with van der Waals surface area (Å²) in [6.07, 6.45) is 14.5. The van der Waals surface area contributed by atoms with Gasteiger partial charge in [-0.05, 0) is 107 Å². The molecule has 4 nitrogen and oxygen atoms in total. The van der Waals surface area contributed by atoms with Crippen LogP contribution in [0.5, 0.6) is 0 Å². The Morgan fingerprint density at radius 1 is 1.18 bits per heavy atom. The highest BCUT2D eigenvalue weighted by molar-refractivity contribution is 5.93. The molecule has 3 fully saturated rings. The molecular weight excluding hydrogens is 482 g/mol. The molecule has 1 heterocycles. The summed E-state index contributed by atoms with van der Waals surface area (Å²) in [5.41, 5.74) is 5.33. The molecule has 4 heteroatoms. The molecule has 4 aliphatic carbocycles. The number of hydrogen-bond acceptors (Lipinski definition) is 4. The molecule has 0 radical (unpaired) electrons. The number of nitrogens with zero attached hydrogens (tertiary/aromatic N) is 1. The van der Waals surface area contributed by atoms with E-state index in [1.807, 2.05) is 12.2 Å². The van der Waals surface area contributed by atoms with E-state index in [0.29, 0.717) is 18.3 Å². The molecule has 2 saturated carbocycles. The largest absolute Gasteiger partial charge is 0.378 e. The minimum absolute atomic E-state index is 0.147. The smallest absolute Gasteiger partial charge is 0.156 e. The second kappa shape index (κ2) is 10.6. The molecule has 5 rings (SSSR count). The fourth-order valence-corrected chi connectivity index (χ4v) is 8.03. The summed E-state index contributed by atoms with van der Waals surface area (Å²) in [6, 6.07) is 0. The number of fused-ring (bicyclic) bond motifs is 4. The minimum Gasteiger partial charge on any atom is -0.378 e. The van der Waals surface area contributed by atoms with Gasteiger partial charge in [0.05, 0.1) is 13.2 Å². The van der Waals surface area contributed by atoms with Gasteiger partial charge in [0.25, 0.3) is 0 Å². The van der Waals surface area contributed by atoms with Gasteiger partial charge in [-0.3, -0.25) is 4.79 Å². The van der Waals surface area contributed by atoms with Gasteiger partial charge in [-0.15, -0.1) is 0 Å². The number of ketones is 1. The lowest BCUT2D eigenvalue weighted by Gasteiger charge is -2.54. The highest BCUT2D eigenvalue weighted by Crippen LogP contribution is 2.65. The van der Waals surface area contributed by atoms with Crippen LogP contribution >= 0.6 is 0 Å². The Hall–Kier alpha value is -2.35. The SMILES string of the molecule is C=C/C(=C\C=C(/C)[C@H]1C[C@@]2(C)[C@@H](CC[C@@]2(O)C#CC(C)(C)C)[C@@H]2CCC3=CC(=O)CCC3=C21)N1CCOCC1. The Balaban J connectivity index is 1.58. The maximum absolute atomic E-state index is 12.3. The van der Waals surface area contributed by atoms with E-state index in [2.05, 4.69) is 70.1 Å². The Kier molecular flexibility index (Phi) is 7.64. The number of allylic oxidation sites excluding steroid dienone is 8. The first-order valence-corrected chi connectivity index (χ1v) is 15.0. The highest BCUT2D eigenvalue weighted by atomic mass is 16.5. The molecule has 39 heavy (non-hydrogen) atoms. The lowest BCUT2D eigenvalue weighted by Crippen LogP contribution is -2.51. The quantitative estimate of drug-likeness (QED) is 0.332. The molecule has 0 bridgehead atoms. The molecule has 1 N–H and O–H groups in total. The zero-order valence-corrected chi connectivity index (χ0v) is 24.7. The first-order valence-electron chi connectivity index (χ1n) is 15.0. The van der Waals surface area contributed by atoms with Crippen molar-refractivity contribution in [1.82, 2.24) is 4.90 Å². The molecule has 0 aromatic carbocycles. The lowest BCUT2D eigenvalue weighted by atomic mass is 9.51. The number of rotatable bonds is 4. The summed E-state index contributed by atoms with van der Waals surface area (Å²) in [5, 5.41) is 12.2. The van der Waals surface area contributed by atoms with Crippen molar-refractivity contribution in [2.24, 2.45) is 28.6 Å². The first-order chi connectivity index (χ1) is 18.5. The fraction of sp³-hybridized carbons (Fsp3) is 0.629. The second-order valence-corrected chi connectivity index (χ2v) is 13.7. The van der Waals surface area contributed by atoms with Gasteiger partial charge < -0.3 is 14.7 Å². The fourth-order valence-electron chi connectivity index (χ4n) is 8.03. The van der Waals surface area contributed by atoms with Gasteiger partial charge in [0.2, 0.25) is 0 Å². The van der Waals surface area contributed by atoms with Crippen molar-refractivity contribution in [2.45, 2.75) is 85.2 Å². The van der Waals surface area contributed by atoms with Crippen LogP contribution in [0.2, 0.25) is 0 Å². The standard InChI is InChI=1S/C35H47NO3/c1-7-26(36-18-20-39-21-19-36)10-8-24(2)30-23-34(6)31(14-15-35(34,38)17-16-33(3,4)5)29-12-9-25-22-27(37)11-13-28(25)32(29)30/h7-8,10,22,29-31,38H,1,9,11-15,18-21,23H2,2-6H3/b24-8+,26-10+/t29-,30+,31-,34-,35+/m0/s1. The van der Waals surface area contributed by atoms with E-state index in [1.54, 1.807) is 5.57 Å². The van der Waals surface area contributed by atoms with Gasteiger partial charge >= 0.3 is 0 Å². The molecule has 0 spiro atoms. The number of aliphatic hydroxyl groups is 1. The van der Waals surface area contributed by atoms with Crippen LogP contribution < -0.4 is 0 Å². The van der Waals surface area contributed by atoms with Crippen LogP contribution in [-0.2, 0) is 9.53 Å². The van der Waals surface area contributed by atoms with Gasteiger partial charge in [0, 0.05) is 42.0 Å². The van der Waals surface area contributed by atoms with Crippen LogP contribution in [0, 0.1) is 40.4 Å². The predicted molar refractivity (Wildman–Crippen MR) is 158 cm³/mol. The summed E-state index contributed by atoms with van der Waals surface area (Å²) in [6.45, 7) is 18.3. The van der Waals surface area contributed by atoms with Crippen molar-refractivity contribution in [3.05, 3.63) is 58.9 Å². The monoisotopic (exact) mass is 529 g/mol. The molecule has 5 atom stereocenters. The Morgan fingerprint density at radius 3 is 2.62 bits per heavy atom. The van der Waals surface area contributed by atoms with Gasteiger partial charge in [0.15, 0.2) is 5.78 Å². The van der Waals surface area contributed by atoms with E-state index in [1.165, 1.54) is 16.7 Å². The van der Waals surface area contributed by atoms with E-state index in [0.717, 1.165) is 70.5 Å². The van der Waals surface area contributed by atoms with Crippen LogP contribution in [0.25, 0.3) is 0 Å².